The molecule has 1 atom stereocenters. The Morgan fingerprint density at radius 2 is 2.62 bits per heavy atom. The van der Waals surface area contributed by atoms with Gasteiger partial charge in [0.05, 0.1) is 5.88 Å². The van der Waals surface area contributed by atoms with E-state index in [0.717, 1.165) is 6.42 Å². The molecule has 0 spiro atoms. The fraction of sp³-hybridized carbons (Fsp3) is 0.800. The van der Waals surface area contributed by atoms with Gasteiger partial charge in [0, 0.05) is 6.42 Å². The van der Waals surface area contributed by atoms with Crippen LogP contribution in [0.5, 0.6) is 0 Å². The Morgan fingerprint density at radius 1 is 1.88 bits per heavy atom. The Bertz CT molecular complexity index is 103. The van der Waals surface area contributed by atoms with Crippen molar-refractivity contribution in [1.29, 1.82) is 0 Å². The lowest BCUT2D eigenvalue weighted by molar-refractivity contribution is -0.140. The number of ether oxygens (including phenoxy) is 1. The van der Waals surface area contributed by atoms with Crippen molar-refractivity contribution in [3.05, 3.63) is 0 Å². The molecule has 0 aromatic carbocycles. The summed E-state index contributed by atoms with van der Waals surface area (Å²) < 4.78 is 4.74. The van der Waals surface area contributed by atoms with Gasteiger partial charge in [-0.3, -0.25) is 4.79 Å². The molecule has 3 heteroatoms. The predicted octanol–water partition coefficient (Wildman–Crippen LogP) is 0.931. The number of esters is 1. The minimum absolute atomic E-state index is 0.0100. The second kappa shape index (κ2) is 2.35. The summed E-state index contributed by atoms with van der Waals surface area (Å²) in [4.78, 5) is 10.3. The van der Waals surface area contributed by atoms with Crippen molar-refractivity contribution >= 4 is 17.6 Å². The summed E-state index contributed by atoms with van der Waals surface area (Å²) in [5.74, 6) is 0.321. The highest BCUT2D eigenvalue weighted by molar-refractivity contribution is 6.18. The van der Waals surface area contributed by atoms with Gasteiger partial charge in [-0.15, -0.1) is 11.6 Å². The maximum Gasteiger partial charge on any atom is 0.306 e. The molecule has 1 aliphatic rings. The Balaban J connectivity index is 2.32. The van der Waals surface area contributed by atoms with E-state index in [4.69, 9.17) is 16.3 Å². The highest BCUT2D eigenvalue weighted by Crippen LogP contribution is 2.13. The second-order valence-corrected chi connectivity index (χ2v) is 2.11. The quantitative estimate of drug-likeness (QED) is 0.394. The summed E-state index contributed by atoms with van der Waals surface area (Å²) in [7, 11) is 0. The first kappa shape index (κ1) is 5.89. The zero-order valence-corrected chi connectivity index (χ0v) is 5.15. The Kier molecular flexibility index (Phi) is 1.73. The van der Waals surface area contributed by atoms with Crippen LogP contribution in [-0.4, -0.2) is 18.0 Å². The fourth-order valence-electron chi connectivity index (χ4n) is 0.691. The minimum Gasteiger partial charge on any atom is -0.461 e. The topological polar surface area (TPSA) is 26.3 Å². The van der Waals surface area contributed by atoms with E-state index in [1.165, 1.54) is 0 Å². The average molecular weight is 135 g/mol. The molecule has 1 saturated heterocycles. The van der Waals surface area contributed by atoms with E-state index >= 15 is 0 Å². The molecular formula is C5H7ClO2. The molecule has 8 heavy (non-hydrogen) atoms. The van der Waals surface area contributed by atoms with Crippen molar-refractivity contribution in [3.63, 3.8) is 0 Å². The van der Waals surface area contributed by atoms with Gasteiger partial charge in [0.25, 0.3) is 0 Å². The Hall–Kier alpha value is -0.240. The predicted molar refractivity (Wildman–Crippen MR) is 29.8 cm³/mol. The van der Waals surface area contributed by atoms with Crippen LogP contribution in [-0.2, 0) is 9.53 Å². The van der Waals surface area contributed by atoms with E-state index in [1.54, 1.807) is 0 Å². The molecule has 1 aliphatic heterocycles. The largest absolute Gasteiger partial charge is 0.461 e. The Morgan fingerprint density at radius 3 is 2.88 bits per heavy atom. The zero-order chi connectivity index (χ0) is 5.98. The molecular weight excluding hydrogens is 128 g/mol. The summed E-state index contributed by atoms with van der Waals surface area (Å²) in [5, 5.41) is 0. The van der Waals surface area contributed by atoms with Crippen LogP contribution in [0.1, 0.15) is 12.8 Å². The van der Waals surface area contributed by atoms with Crippen molar-refractivity contribution in [1.82, 2.24) is 0 Å². The van der Waals surface area contributed by atoms with Crippen LogP contribution in [0.25, 0.3) is 0 Å². The van der Waals surface area contributed by atoms with Crippen molar-refractivity contribution in [3.8, 4) is 0 Å². The molecule has 0 amide bonds. The van der Waals surface area contributed by atoms with E-state index < -0.39 is 0 Å². The molecule has 1 fully saturated rings. The van der Waals surface area contributed by atoms with E-state index in [2.05, 4.69) is 0 Å². The molecule has 0 bridgehead atoms. The van der Waals surface area contributed by atoms with Crippen molar-refractivity contribution in [2.45, 2.75) is 18.9 Å². The number of hydrogen-bond donors (Lipinski definition) is 0. The number of carbonyl (C=O) groups is 1. The summed E-state index contributed by atoms with van der Waals surface area (Å²) in [6.07, 6.45) is 1.32. The smallest absolute Gasteiger partial charge is 0.306 e. The fourth-order valence-corrected chi connectivity index (χ4v) is 0.909. The number of alkyl halides is 1. The normalized spacial score (nSPS) is 28.1. The monoisotopic (exact) mass is 134 g/mol. The number of halogens is 1. The van der Waals surface area contributed by atoms with Crippen LogP contribution in [0.4, 0.5) is 0 Å². The summed E-state index contributed by atoms with van der Waals surface area (Å²) >= 11 is 5.40. The third kappa shape index (κ3) is 1.13. The number of hydrogen-bond acceptors (Lipinski definition) is 2. The number of cyclic esters (lactones) is 1. The first-order valence-electron chi connectivity index (χ1n) is 2.58. The highest BCUT2D eigenvalue weighted by atomic mass is 35.5. The maximum atomic E-state index is 10.3. The lowest BCUT2D eigenvalue weighted by atomic mass is 10.3. The molecule has 0 aliphatic carbocycles. The Labute approximate surface area is 52.8 Å². The molecule has 1 rings (SSSR count). The molecule has 0 aromatic rings. The first-order chi connectivity index (χ1) is 3.83. The first-order valence-corrected chi connectivity index (χ1v) is 3.12. The summed E-state index contributed by atoms with van der Waals surface area (Å²) in [6.45, 7) is 0. The van der Waals surface area contributed by atoms with Crippen LogP contribution in [0, 0.1) is 0 Å². The minimum atomic E-state index is -0.115. The third-order valence-electron chi connectivity index (χ3n) is 1.14. The number of rotatable bonds is 1. The van der Waals surface area contributed by atoms with Crippen molar-refractivity contribution in [2.24, 2.45) is 0 Å². The van der Waals surface area contributed by atoms with E-state index in [0.29, 0.717) is 12.3 Å². The lowest BCUT2D eigenvalue weighted by Crippen LogP contribution is -2.07. The third-order valence-corrected chi connectivity index (χ3v) is 1.48. The van der Waals surface area contributed by atoms with Gasteiger partial charge in [-0.1, -0.05) is 0 Å². The zero-order valence-electron chi connectivity index (χ0n) is 4.39. The van der Waals surface area contributed by atoms with E-state index in [9.17, 15) is 4.79 Å². The van der Waals surface area contributed by atoms with Gasteiger partial charge in [0.2, 0.25) is 0 Å². The molecule has 0 N–H and O–H groups in total. The van der Waals surface area contributed by atoms with Gasteiger partial charge in [-0.25, -0.2) is 0 Å². The van der Waals surface area contributed by atoms with Gasteiger partial charge >= 0.3 is 5.97 Å². The molecule has 0 saturated carbocycles. The van der Waals surface area contributed by atoms with Gasteiger partial charge < -0.3 is 4.74 Å². The van der Waals surface area contributed by atoms with E-state index in [-0.39, 0.29) is 12.1 Å². The molecule has 46 valence electrons. The van der Waals surface area contributed by atoms with E-state index in [1.807, 2.05) is 0 Å². The highest BCUT2D eigenvalue weighted by Gasteiger charge is 2.21. The molecule has 0 radical (unpaired) electrons. The average Bonchev–Trinajstić information content (AvgIpc) is 2.14. The van der Waals surface area contributed by atoms with Crippen LogP contribution in [0.2, 0.25) is 0 Å². The van der Waals surface area contributed by atoms with Gasteiger partial charge in [0.1, 0.15) is 6.10 Å². The van der Waals surface area contributed by atoms with Crippen LogP contribution in [0.15, 0.2) is 0 Å². The SMILES string of the molecule is O=C1CCC(CCl)O1. The summed E-state index contributed by atoms with van der Waals surface area (Å²) in [6, 6.07) is 0. The second-order valence-electron chi connectivity index (χ2n) is 1.80. The molecule has 2 nitrogen and oxygen atoms in total. The molecule has 1 unspecified atom stereocenters. The van der Waals surface area contributed by atoms with Crippen LogP contribution < -0.4 is 0 Å². The van der Waals surface area contributed by atoms with Gasteiger partial charge in [-0.2, -0.15) is 0 Å². The van der Waals surface area contributed by atoms with Crippen LogP contribution >= 0.6 is 11.6 Å². The van der Waals surface area contributed by atoms with Crippen LogP contribution in [0.3, 0.4) is 0 Å². The summed E-state index contributed by atoms with van der Waals surface area (Å²) in [5.41, 5.74) is 0. The number of carbonyl (C=O) groups excluding carboxylic acids is 1. The van der Waals surface area contributed by atoms with Gasteiger partial charge in [-0.05, 0) is 6.42 Å². The van der Waals surface area contributed by atoms with Crippen molar-refractivity contribution in [2.75, 3.05) is 5.88 Å². The van der Waals surface area contributed by atoms with Gasteiger partial charge in [0.15, 0.2) is 0 Å². The standard InChI is InChI=1S/C5H7ClO2/c6-3-4-1-2-5(7)8-4/h4H,1-3H2. The molecule has 0 aromatic heterocycles. The lowest BCUT2D eigenvalue weighted by Gasteiger charge is -2.00. The van der Waals surface area contributed by atoms with Crippen molar-refractivity contribution < 1.29 is 9.53 Å². The maximum absolute atomic E-state index is 10.3. The molecule has 1 heterocycles.